The van der Waals surface area contributed by atoms with Crippen LogP contribution in [0.25, 0.3) is 11.0 Å². The standard InChI is InChI=1S/C16H18BrN5/c1-3-9-22(10-12-7-5-4-6-8-12)16-13-14(17)20-21(2)15(13)18-11-19-16/h4-8,11H,3,9-10H2,1-2H3. The Morgan fingerprint density at radius 2 is 1.95 bits per heavy atom. The van der Waals surface area contributed by atoms with Gasteiger partial charge in [-0.15, -0.1) is 0 Å². The molecule has 0 saturated heterocycles. The molecule has 3 rings (SSSR count). The minimum atomic E-state index is 0.787. The van der Waals surface area contributed by atoms with Crippen LogP contribution in [0.15, 0.2) is 41.3 Å². The Morgan fingerprint density at radius 3 is 2.68 bits per heavy atom. The summed E-state index contributed by atoms with van der Waals surface area (Å²) in [5.41, 5.74) is 2.11. The fourth-order valence-electron chi connectivity index (χ4n) is 2.60. The third kappa shape index (κ3) is 2.83. The van der Waals surface area contributed by atoms with Gasteiger partial charge in [0.1, 0.15) is 16.7 Å². The highest BCUT2D eigenvalue weighted by Crippen LogP contribution is 2.30. The Bertz CT molecular complexity index is 769. The van der Waals surface area contributed by atoms with Crippen molar-refractivity contribution in [3.63, 3.8) is 0 Å². The lowest BCUT2D eigenvalue weighted by atomic mass is 10.2. The molecule has 0 atom stereocenters. The summed E-state index contributed by atoms with van der Waals surface area (Å²) in [7, 11) is 1.89. The zero-order valence-electron chi connectivity index (χ0n) is 12.7. The van der Waals surface area contributed by atoms with Gasteiger partial charge in [-0.1, -0.05) is 37.3 Å². The molecule has 0 bridgehead atoms. The van der Waals surface area contributed by atoms with Gasteiger partial charge in [0.05, 0.1) is 5.39 Å². The number of halogens is 1. The SMILES string of the molecule is CCCN(Cc1ccccc1)c1ncnc2c1c(Br)nn2C. The molecule has 0 radical (unpaired) electrons. The zero-order chi connectivity index (χ0) is 15.5. The number of nitrogens with zero attached hydrogens (tertiary/aromatic N) is 5. The quantitative estimate of drug-likeness (QED) is 0.698. The smallest absolute Gasteiger partial charge is 0.164 e. The van der Waals surface area contributed by atoms with Crippen LogP contribution < -0.4 is 4.90 Å². The lowest BCUT2D eigenvalue weighted by Gasteiger charge is -2.23. The second-order valence-electron chi connectivity index (χ2n) is 5.22. The molecule has 2 aromatic heterocycles. The third-order valence-corrected chi connectivity index (χ3v) is 4.12. The molecule has 0 spiro atoms. The highest BCUT2D eigenvalue weighted by molar-refractivity contribution is 9.10. The van der Waals surface area contributed by atoms with Gasteiger partial charge in [-0.05, 0) is 27.9 Å². The summed E-state index contributed by atoms with van der Waals surface area (Å²) in [4.78, 5) is 11.2. The average molecular weight is 360 g/mol. The van der Waals surface area contributed by atoms with Gasteiger partial charge in [0.2, 0.25) is 0 Å². The van der Waals surface area contributed by atoms with Gasteiger partial charge >= 0.3 is 0 Å². The Kier molecular flexibility index (Phi) is 4.38. The van der Waals surface area contributed by atoms with E-state index in [0.29, 0.717) is 0 Å². The van der Waals surface area contributed by atoms with E-state index in [9.17, 15) is 0 Å². The van der Waals surface area contributed by atoms with Crippen molar-refractivity contribution in [1.82, 2.24) is 19.7 Å². The van der Waals surface area contributed by atoms with E-state index in [1.54, 1.807) is 11.0 Å². The van der Waals surface area contributed by atoms with Gasteiger partial charge in [0.25, 0.3) is 0 Å². The molecule has 1 aromatic carbocycles. The molecule has 114 valence electrons. The molecular weight excluding hydrogens is 342 g/mol. The normalized spacial score (nSPS) is 11.0. The summed E-state index contributed by atoms with van der Waals surface area (Å²) in [5.74, 6) is 0.927. The molecule has 0 N–H and O–H groups in total. The van der Waals surface area contributed by atoms with E-state index in [1.165, 1.54) is 5.56 Å². The molecule has 0 aliphatic rings. The molecule has 0 fully saturated rings. The number of fused-ring (bicyclic) bond motifs is 1. The molecule has 0 saturated carbocycles. The molecule has 5 nitrogen and oxygen atoms in total. The highest BCUT2D eigenvalue weighted by atomic mass is 79.9. The second kappa shape index (κ2) is 6.44. The van der Waals surface area contributed by atoms with Crippen molar-refractivity contribution in [1.29, 1.82) is 0 Å². The monoisotopic (exact) mass is 359 g/mol. The van der Waals surface area contributed by atoms with E-state index in [-0.39, 0.29) is 0 Å². The highest BCUT2D eigenvalue weighted by Gasteiger charge is 2.18. The lowest BCUT2D eigenvalue weighted by Crippen LogP contribution is -2.24. The van der Waals surface area contributed by atoms with Crippen LogP contribution in [0.5, 0.6) is 0 Å². The molecule has 0 aliphatic carbocycles. The van der Waals surface area contributed by atoms with Crippen molar-refractivity contribution >= 4 is 32.8 Å². The first-order valence-corrected chi connectivity index (χ1v) is 8.12. The van der Waals surface area contributed by atoms with Gasteiger partial charge in [-0.2, -0.15) is 5.10 Å². The number of anilines is 1. The maximum absolute atomic E-state index is 4.53. The summed E-state index contributed by atoms with van der Waals surface area (Å²) in [5, 5.41) is 5.37. The van der Waals surface area contributed by atoms with Crippen molar-refractivity contribution in [2.24, 2.45) is 7.05 Å². The average Bonchev–Trinajstić information content (AvgIpc) is 2.83. The maximum atomic E-state index is 4.53. The van der Waals surface area contributed by atoms with Crippen LogP contribution in [0.2, 0.25) is 0 Å². The van der Waals surface area contributed by atoms with Crippen LogP contribution in [0.4, 0.5) is 5.82 Å². The van der Waals surface area contributed by atoms with Crippen LogP contribution in [-0.2, 0) is 13.6 Å². The molecule has 22 heavy (non-hydrogen) atoms. The summed E-state index contributed by atoms with van der Waals surface area (Å²) in [6.07, 6.45) is 2.66. The minimum absolute atomic E-state index is 0.787. The maximum Gasteiger partial charge on any atom is 0.164 e. The summed E-state index contributed by atoms with van der Waals surface area (Å²) in [6.45, 7) is 3.93. The molecule has 2 heterocycles. The van der Waals surface area contributed by atoms with Crippen LogP contribution >= 0.6 is 15.9 Å². The number of rotatable bonds is 5. The van der Waals surface area contributed by atoms with Gasteiger partial charge in [-0.25, -0.2) is 14.6 Å². The van der Waals surface area contributed by atoms with E-state index < -0.39 is 0 Å². The van der Waals surface area contributed by atoms with E-state index in [2.05, 4.69) is 67.1 Å². The Balaban J connectivity index is 2.05. The predicted molar refractivity (Wildman–Crippen MR) is 91.8 cm³/mol. The van der Waals surface area contributed by atoms with E-state index in [1.807, 2.05) is 13.1 Å². The van der Waals surface area contributed by atoms with Gasteiger partial charge in [-0.3, -0.25) is 0 Å². The van der Waals surface area contributed by atoms with Crippen molar-refractivity contribution in [3.05, 3.63) is 46.8 Å². The molecule has 0 aliphatic heterocycles. The number of hydrogen-bond acceptors (Lipinski definition) is 4. The second-order valence-corrected chi connectivity index (χ2v) is 5.97. The summed E-state index contributed by atoms with van der Waals surface area (Å²) < 4.78 is 2.56. The Morgan fingerprint density at radius 1 is 1.18 bits per heavy atom. The fraction of sp³-hybridized carbons (Fsp3) is 0.312. The molecule has 0 amide bonds. The van der Waals surface area contributed by atoms with Gasteiger partial charge in [0.15, 0.2) is 5.65 Å². The van der Waals surface area contributed by atoms with E-state index in [4.69, 9.17) is 0 Å². The van der Waals surface area contributed by atoms with Crippen LogP contribution in [-0.4, -0.2) is 26.3 Å². The first-order valence-electron chi connectivity index (χ1n) is 7.32. The van der Waals surface area contributed by atoms with Crippen LogP contribution in [0.3, 0.4) is 0 Å². The van der Waals surface area contributed by atoms with Crippen molar-refractivity contribution in [2.75, 3.05) is 11.4 Å². The minimum Gasteiger partial charge on any atom is -0.352 e. The Hall–Kier alpha value is -1.95. The zero-order valence-corrected chi connectivity index (χ0v) is 14.3. The largest absolute Gasteiger partial charge is 0.352 e. The van der Waals surface area contributed by atoms with Crippen LogP contribution in [0.1, 0.15) is 18.9 Å². The summed E-state index contributed by atoms with van der Waals surface area (Å²) in [6, 6.07) is 10.4. The molecular formula is C16H18BrN5. The molecule has 3 aromatic rings. The first kappa shape index (κ1) is 15.0. The summed E-state index contributed by atoms with van der Waals surface area (Å²) >= 11 is 3.53. The van der Waals surface area contributed by atoms with Crippen molar-refractivity contribution in [3.8, 4) is 0 Å². The van der Waals surface area contributed by atoms with Crippen molar-refractivity contribution in [2.45, 2.75) is 19.9 Å². The predicted octanol–water partition coefficient (Wildman–Crippen LogP) is 3.54. The van der Waals surface area contributed by atoms with Crippen molar-refractivity contribution < 1.29 is 0 Å². The van der Waals surface area contributed by atoms with Crippen LogP contribution in [0, 0.1) is 0 Å². The number of benzene rings is 1. The van der Waals surface area contributed by atoms with E-state index >= 15 is 0 Å². The molecule has 0 unspecified atom stereocenters. The number of aromatic nitrogens is 4. The topological polar surface area (TPSA) is 46.8 Å². The Labute approximate surface area is 138 Å². The first-order chi connectivity index (χ1) is 10.7. The van der Waals surface area contributed by atoms with Gasteiger partial charge < -0.3 is 4.90 Å². The number of hydrogen-bond donors (Lipinski definition) is 0. The van der Waals surface area contributed by atoms with E-state index in [0.717, 1.165) is 41.0 Å². The van der Waals surface area contributed by atoms with Gasteiger partial charge in [0, 0.05) is 20.1 Å². The number of aryl methyl sites for hydroxylation is 1. The molecule has 6 heteroatoms. The fourth-order valence-corrected chi connectivity index (χ4v) is 3.19. The third-order valence-electron chi connectivity index (χ3n) is 3.57. The lowest BCUT2D eigenvalue weighted by molar-refractivity contribution is 0.755.